The van der Waals surface area contributed by atoms with Gasteiger partial charge >= 0.3 is 0 Å². The Hall–Kier alpha value is -2.03. The predicted octanol–water partition coefficient (Wildman–Crippen LogP) is 3.80. The number of nitrogens with zero attached hydrogens (tertiary/aromatic N) is 1. The zero-order chi connectivity index (χ0) is 13.3. The molecule has 0 amide bonds. The number of benzene rings is 1. The fourth-order valence-corrected chi connectivity index (χ4v) is 2.58. The largest absolute Gasteiger partial charge is 0.487 e. The molecule has 3 heteroatoms. The van der Waals surface area contributed by atoms with Gasteiger partial charge in [0.1, 0.15) is 11.4 Å². The van der Waals surface area contributed by atoms with Gasteiger partial charge in [0.05, 0.1) is 11.7 Å². The molecule has 1 unspecified atom stereocenters. The van der Waals surface area contributed by atoms with E-state index < -0.39 is 0 Å². The van der Waals surface area contributed by atoms with Crippen LogP contribution in [0.15, 0.2) is 48.8 Å². The Balaban J connectivity index is 1.93. The summed E-state index contributed by atoms with van der Waals surface area (Å²) in [5, 5.41) is 3.55. The molecule has 1 aromatic heterocycles. The molecule has 98 valence electrons. The molecule has 1 aromatic carbocycles. The van der Waals surface area contributed by atoms with Crippen LogP contribution in [0.2, 0.25) is 0 Å². The number of aromatic nitrogens is 1. The maximum absolute atomic E-state index is 6.03. The molecule has 0 saturated heterocycles. The number of hydrogen-bond acceptors (Lipinski definition) is 3. The van der Waals surface area contributed by atoms with Crippen LogP contribution in [-0.4, -0.2) is 10.6 Å². The molecule has 0 radical (unpaired) electrons. The Morgan fingerprint density at radius 2 is 2.05 bits per heavy atom. The molecule has 0 saturated carbocycles. The Labute approximate surface area is 113 Å². The number of rotatable bonds is 2. The molecule has 1 atom stereocenters. The Morgan fingerprint density at radius 3 is 2.84 bits per heavy atom. The molecule has 3 nitrogen and oxygen atoms in total. The van der Waals surface area contributed by atoms with E-state index >= 15 is 0 Å². The predicted molar refractivity (Wildman–Crippen MR) is 76.4 cm³/mol. The van der Waals surface area contributed by atoms with Crippen LogP contribution in [0.4, 0.5) is 5.69 Å². The summed E-state index contributed by atoms with van der Waals surface area (Å²) in [7, 11) is 0. The molecule has 1 aliphatic heterocycles. The van der Waals surface area contributed by atoms with Crippen molar-refractivity contribution in [2.24, 2.45) is 0 Å². The molecule has 1 N–H and O–H groups in total. The average Bonchev–Trinajstić information content (AvgIpc) is 2.38. The van der Waals surface area contributed by atoms with E-state index in [9.17, 15) is 0 Å². The van der Waals surface area contributed by atoms with Crippen LogP contribution in [0.3, 0.4) is 0 Å². The van der Waals surface area contributed by atoms with Gasteiger partial charge in [-0.15, -0.1) is 0 Å². The minimum atomic E-state index is -0.159. The molecule has 2 aromatic rings. The van der Waals surface area contributed by atoms with Crippen molar-refractivity contribution in [1.82, 2.24) is 4.98 Å². The van der Waals surface area contributed by atoms with Crippen LogP contribution in [0, 0.1) is 0 Å². The van der Waals surface area contributed by atoms with E-state index in [2.05, 4.69) is 36.3 Å². The lowest BCUT2D eigenvalue weighted by atomic mass is 9.89. The first-order valence-corrected chi connectivity index (χ1v) is 6.59. The van der Waals surface area contributed by atoms with Crippen LogP contribution >= 0.6 is 0 Å². The summed E-state index contributed by atoms with van der Waals surface area (Å²) in [5.74, 6) is 0.972. The molecular weight excluding hydrogens is 236 g/mol. The van der Waals surface area contributed by atoms with Crippen LogP contribution < -0.4 is 10.1 Å². The SMILES string of the molecule is CC1(C)CC(Nc2cccnc2)c2ccccc2O1. The third-order valence-electron chi connectivity index (χ3n) is 3.38. The van der Waals surface area contributed by atoms with Crippen molar-refractivity contribution in [3.8, 4) is 5.75 Å². The Kier molecular flexibility index (Phi) is 2.90. The van der Waals surface area contributed by atoms with Crippen LogP contribution in [0.5, 0.6) is 5.75 Å². The van der Waals surface area contributed by atoms with Crippen molar-refractivity contribution < 1.29 is 4.74 Å². The maximum atomic E-state index is 6.03. The molecule has 0 spiro atoms. The number of pyridine rings is 1. The second-order valence-corrected chi connectivity index (χ2v) is 5.54. The van der Waals surface area contributed by atoms with Crippen molar-refractivity contribution in [2.45, 2.75) is 31.9 Å². The molecule has 3 rings (SSSR count). The van der Waals surface area contributed by atoms with Gasteiger partial charge < -0.3 is 10.1 Å². The smallest absolute Gasteiger partial charge is 0.125 e. The summed E-state index contributed by atoms with van der Waals surface area (Å²) in [6, 6.07) is 12.5. The second kappa shape index (κ2) is 4.57. The van der Waals surface area contributed by atoms with E-state index in [-0.39, 0.29) is 11.6 Å². The maximum Gasteiger partial charge on any atom is 0.125 e. The van der Waals surface area contributed by atoms with Crippen LogP contribution in [0.1, 0.15) is 31.9 Å². The van der Waals surface area contributed by atoms with Gasteiger partial charge in [-0.05, 0) is 32.0 Å². The first kappa shape index (κ1) is 12.0. The number of fused-ring (bicyclic) bond motifs is 1. The lowest BCUT2D eigenvalue weighted by Gasteiger charge is -2.38. The summed E-state index contributed by atoms with van der Waals surface area (Å²) >= 11 is 0. The van der Waals surface area contributed by atoms with Gasteiger partial charge in [0.15, 0.2) is 0 Å². The van der Waals surface area contributed by atoms with Crippen molar-refractivity contribution in [3.63, 3.8) is 0 Å². The van der Waals surface area contributed by atoms with E-state index in [1.807, 2.05) is 30.5 Å². The van der Waals surface area contributed by atoms with Crippen LogP contribution in [-0.2, 0) is 0 Å². The van der Waals surface area contributed by atoms with E-state index in [0.717, 1.165) is 17.9 Å². The highest BCUT2D eigenvalue weighted by Crippen LogP contribution is 2.40. The normalized spacial score (nSPS) is 20.2. The van der Waals surface area contributed by atoms with Gasteiger partial charge in [-0.2, -0.15) is 0 Å². The summed E-state index contributed by atoms with van der Waals surface area (Å²) in [4.78, 5) is 4.15. The zero-order valence-electron chi connectivity index (χ0n) is 11.3. The zero-order valence-corrected chi connectivity index (χ0v) is 11.3. The van der Waals surface area contributed by atoms with Crippen molar-refractivity contribution >= 4 is 5.69 Å². The monoisotopic (exact) mass is 254 g/mol. The van der Waals surface area contributed by atoms with Crippen molar-refractivity contribution in [1.29, 1.82) is 0 Å². The number of hydrogen-bond donors (Lipinski definition) is 1. The van der Waals surface area contributed by atoms with E-state index in [4.69, 9.17) is 4.74 Å². The van der Waals surface area contributed by atoms with Gasteiger partial charge in [-0.1, -0.05) is 18.2 Å². The highest BCUT2D eigenvalue weighted by Gasteiger charge is 2.33. The number of anilines is 1. The number of nitrogens with one attached hydrogen (secondary N) is 1. The molecule has 1 aliphatic rings. The molecule has 2 heterocycles. The van der Waals surface area contributed by atoms with Gasteiger partial charge in [0.25, 0.3) is 0 Å². The van der Waals surface area contributed by atoms with Gasteiger partial charge in [-0.25, -0.2) is 0 Å². The summed E-state index contributed by atoms with van der Waals surface area (Å²) in [5.41, 5.74) is 2.10. The number of para-hydroxylation sites is 1. The Bertz CT molecular complexity index is 566. The lowest BCUT2D eigenvalue weighted by Crippen LogP contribution is -2.37. The number of ether oxygens (including phenoxy) is 1. The highest BCUT2D eigenvalue weighted by molar-refractivity contribution is 5.47. The third-order valence-corrected chi connectivity index (χ3v) is 3.38. The first-order valence-electron chi connectivity index (χ1n) is 6.59. The third kappa shape index (κ3) is 2.55. The van der Waals surface area contributed by atoms with Crippen molar-refractivity contribution in [3.05, 3.63) is 54.4 Å². The standard InChI is InChI=1S/C16H18N2O/c1-16(2)10-14(18-12-6-5-9-17-11-12)13-7-3-4-8-15(13)19-16/h3-9,11,14,18H,10H2,1-2H3. The first-order chi connectivity index (χ1) is 9.14. The van der Waals surface area contributed by atoms with E-state index in [1.54, 1.807) is 6.20 Å². The minimum absolute atomic E-state index is 0.159. The van der Waals surface area contributed by atoms with E-state index in [1.165, 1.54) is 5.56 Å². The van der Waals surface area contributed by atoms with E-state index in [0.29, 0.717) is 0 Å². The van der Waals surface area contributed by atoms with Crippen molar-refractivity contribution in [2.75, 3.05) is 5.32 Å². The van der Waals surface area contributed by atoms with Gasteiger partial charge in [0.2, 0.25) is 0 Å². The Morgan fingerprint density at radius 1 is 1.21 bits per heavy atom. The topological polar surface area (TPSA) is 34.2 Å². The fraction of sp³-hybridized carbons (Fsp3) is 0.312. The molecule has 19 heavy (non-hydrogen) atoms. The lowest BCUT2D eigenvalue weighted by molar-refractivity contribution is 0.0759. The molecule has 0 fully saturated rings. The average molecular weight is 254 g/mol. The minimum Gasteiger partial charge on any atom is -0.487 e. The second-order valence-electron chi connectivity index (χ2n) is 5.54. The quantitative estimate of drug-likeness (QED) is 0.885. The summed E-state index contributed by atoms with van der Waals surface area (Å²) in [6.07, 6.45) is 4.57. The van der Waals surface area contributed by atoms with Crippen LogP contribution in [0.25, 0.3) is 0 Å². The van der Waals surface area contributed by atoms with Gasteiger partial charge in [-0.3, -0.25) is 4.98 Å². The molecular formula is C16H18N2O. The highest BCUT2D eigenvalue weighted by atomic mass is 16.5. The molecule has 0 aliphatic carbocycles. The summed E-state index contributed by atoms with van der Waals surface area (Å²) in [6.45, 7) is 4.25. The molecule has 0 bridgehead atoms. The van der Waals surface area contributed by atoms with Gasteiger partial charge in [0, 0.05) is 24.4 Å². The summed E-state index contributed by atoms with van der Waals surface area (Å²) < 4.78 is 6.03. The fourth-order valence-electron chi connectivity index (χ4n) is 2.58.